The standard InChI is InChI=1S/C18H23ClN4O2/c1-18(2,3)23-9-11(7-16(23)24)17(25)22(4)10-15-20-13-6-5-12(19)8-14(13)21-15/h5-6,8,11H,7,9-10H2,1-4H3,(H,20,21)/t11-/m1/s1. The van der Waals surface area contributed by atoms with E-state index >= 15 is 0 Å². The monoisotopic (exact) mass is 362 g/mol. The summed E-state index contributed by atoms with van der Waals surface area (Å²) >= 11 is 5.99. The van der Waals surface area contributed by atoms with Gasteiger partial charge in [0.1, 0.15) is 5.82 Å². The van der Waals surface area contributed by atoms with Gasteiger partial charge in [-0.25, -0.2) is 4.98 Å². The van der Waals surface area contributed by atoms with Crippen LogP contribution in [0, 0.1) is 5.92 Å². The first kappa shape index (κ1) is 17.7. The van der Waals surface area contributed by atoms with Crippen molar-refractivity contribution in [3.05, 3.63) is 29.0 Å². The second kappa shape index (κ2) is 6.33. The highest BCUT2D eigenvalue weighted by atomic mass is 35.5. The van der Waals surface area contributed by atoms with Crippen molar-refractivity contribution < 1.29 is 9.59 Å². The number of aromatic nitrogens is 2. The predicted molar refractivity (Wildman–Crippen MR) is 97.2 cm³/mol. The molecule has 2 heterocycles. The van der Waals surface area contributed by atoms with Crippen LogP contribution >= 0.6 is 11.6 Å². The van der Waals surface area contributed by atoms with Gasteiger partial charge >= 0.3 is 0 Å². The highest BCUT2D eigenvalue weighted by molar-refractivity contribution is 6.31. The van der Waals surface area contributed by atoms with Gasteiger partial charge in [0.05, 0.1) is 23.5 Å². The molecular formula is C18H23ClN4O2. The van der Waals surface area contributed by atoms with Gasteiger partial charge in [-0.3, -0.25) is 9.59 Å². The minimum atomic E-state index is -0.296. The van der Waals surface area contributed by atoms with Gasteiger partial charge in [0.15, 0.2) is 0 Å². The molecule has 1 aromatic heterocycles. The second-order valence-electron chi connectivity index (χ2n) is 7.62. The fourth-order valence-corrected chi connectivity index (χ4v) is 3.42. The third kappa shape index (κ3) is 3.63. The lowest BCUT2D eigenvalue weighted by Crippen LogP contribution is -2.43. The Bertz CT molecular complexity index is 824. The van der Waals surface area contributed by atoms with Gasteiger partial charge in [0, 0.05) is 30.6 Å². The molecule has 7 heteroatoms. The molecule has 0 saturated carbocycles. The van der Waals surface area contributed by atoms with E-state index in [2.05, 4.69) is 9.97 Å². The molecule has 6 nitrogen and oxygen atoms in total. The van der Waals surface area contributed by atoms with Gasteiger partial charge in [-0.05, 0) is 39.0 Å². The van der Waals surface area contributed by atoms with Crippen LogP contribution in [0.25, 0.3) is 11.0 Å². The molecule has 25 heavy (non-hydrogen) atoms. The molecule has 2 amide bonds. The first-order chi connectivity index (χ1) is 11.6. The minimum absolute atomic E-state index is 0.0291. The lowest BCUT2D eigenvalue weighted by atomic mass is 10.1. The number of amides is 2. The van der Waals surface area contributed by atoms with E-state index in [1.807, 2.05) is 32.9 Å². The molecule has 1 aromatic carbocycles. The lowest BCUT2D eigenvalue weighted by Gasteiger charge is -2.32. The first-order valence-corrected chi connectivity index (χ1v) is 8.72. The number of rotatable bonds is 3. The molecule has 1 atom stereocenters. The Morgan fingerprint density at radius 3 is 2.80 bits per heavy atom. The molecule has 3 rings (SSSR count). The molecule has 1 fully saturated rings. The molecule has 0 unspecified atom stereocenters. The Hall–Kier alpha value is -2.08. The Morgan fingerprint density at radius 2 is 2.16 bits per heavy atom. The molecule has 0 radical (unpaired) electrons. The maximum absolute atomic E-state index is 12.7. The zero-order valence-corrected chi connectivity index (χ0v) is 15.7. The number of fused-ring (bicyclic) bond motifs is 1. The molecule has 1 saturated heterocycles. The fraction of sp³-hybridized carbons (Fsp3) is 0.500. The first-order valence-electron chi connectivity index (χ1n) is 8.35. The van der Waals surface area contributed by atoms with Gasteiger partial charge in [-0.2, -0.15) is 0 Å². The Balaban J connectivity index is 1.69. The van der Waals surface area contributed by atoms with Crippen LogP contribution in [0.5, 0.6) is 0 Å². The van der Waals surface area contributed by atoms with Crippen LogP contribution < -0.4 is 0 Å². The van der Waals surface area contributed by atoms with Crippen molar-refractivity contribution in [1.82, 2.24) is 19.8 Å². The van der Waals surface area contributed by atoms with E-state index in [1.54, 1.807) is 22.9 Å². The van der Waals surface area contributed by atoms with Crippen LogP contribution in [0.4, 0.5) is 0 Å². The smallest absolute Gasteiger partial charge is 0.228 e. The summed E-state index contributed by atoms with van der Waals surface area (Å²) in [4.78, 5) is 36.0. The SMILES string of the molecule is CN(Cc1nc2ccc(Cl)cc2[nH]1)C(=O)[C@@H]1CC(=O)N(C(C)(C)C)C1. The Labute approximate surface area is 152 Å². The van der Waals surface area contributed by atoms with Gasteiger partial charge < -0.3 is 14.8 Å². The summed E-state index contributed by atoms with van der Waals surface area (Å²) in [6.45, 7) is 6.80. The number of likely N-dealkylation sites (tertiary alicyclic amines) is 1. The van der Waals surface area contributed by atoms with Crippen LogP contribution in [0.15, 0.2) is 18.2 Å². The summed E-state index contributed by atoms with van der Waals surface area (Å²) in [5, 5.41) is 0.638. The van der Waals surface area contributed by atoms with E-state index in [0.717, 1.165) is 11.0 Å². The normalized spacial score (nSPS) is 18.2. The van der Waals surface area contributed by atoms with Crippen LogP contribution in [0.1, 0.15) is 33.0 Å². The average molecular weight is 363 g/mol. The zero-order valence-electron chi connectivity index (χ0n) is 15.0. The van der Waals surface area contributed by atoms with Crippen LogP contribution in [0.3, 0.4) is 0 Å². The number of benzene rings is 1. The molecule has 0 spiro atoms. The summed E-state index contributed by atoms with van der Waals surface area (Å²) in [6.07, 6.45) is 0.274. The number of carbonyl (C=O) groups is 2. The number of hydrogen-bond donors (Lipinski definition) is 1. The van der Waals surface area contributed by atoms with Gasteiger partial charge in [-0.1, -0.05) is 11.6 Å². The fourth-order valence-electron chi connectivity index (χ4n) is 3.24. The minimum Gasteiger partial charge on any atom is -0.340 e. The number of H-pyrrole nitrogens is 1. The quantitative estimate of drug-likeness (QED) is 0.912. The second-order valence-corrected chi connectivity index (χ2v) is 8.05. The van der Waals surface area contributed by atoms with E-state index in [-0.39, 0.29) is 29.7 Å². The van der Waals surface area contributed by atoms with E-state index < -0.39 is 0 Å². The number of nitrogens with zero attached hydrogens (tertiary/aromatic N) is 3. The summed E-state index contributed by atoms with van der Waals surface area (Å²) in [5.41, 5.74) is 1.40. The number of aromatic amines is 1. The van der Waals surface area contributed by atoms with Crippen LogP contribution in [-0.2, 0) is 16.1 Å². The van der Waals surface area contributed by atoms with Gasteiger partial charge in [0.25, 0.3) is 0 Å². The van der Waals surface area contributed by atoms with Gasteiger partial charge in [-0.15, -0.1) is 0 Å². The van der Waals surface area contributed by atoms with E-state index in [4.69, 9.17) is 11.6 Å². The van der Waals surface area contributed by atoms with Crippen molar-refractivity contribution in [2.45, 2.75) is 39.3 Å². The molecule has 0 aliphatic carbocycles. The Kier molecular flexibility index (Phi) is 4.49. The van der Waals surface area contributed by atoms with Crippen molar-refractivity contribution in [1.29, 1.82) is 0 Å². The van der Waals surface area contributed by atoms with Crippen molar-refractivity contribution in [2.24, 2.45) is 5.92 Å². The molecule has 2 aromatic rings. The zero-order chi connectivity index (χ0) is 18.4. The highest BCUT2D eigenvalue weighted by Crippen LogP contribution is 2.27. The molecule has 1 aliphatic rings. The summed E-state index contributed by atoms with van der Waals surface area (Å²) in [5.74, 6) is 0.414. The maximum Gasteiger partial charge on any atom is 0.228 e. The van der Waals surface area contributed by atoms with E-state index in [9.17, 15) is 9.59 Å². The van der Waals surface area contributed by atoms with E-state index in [1.165, 1.54) is 0 Å². The molecular weight excluding hydrogens is 340 g/mol. The number of imidazole rings is 1. The summed E-state index contributed by atoms with van der Waals surface area (Å²) in [7, 11) is 1.74. The van der Waals surface area contributed by atoms with Crippen molar-refractivity contribution in [3.8, 4) is 0 Å². The van der Waals surface area contributed by atoms with Crippen LogP contribution in [-0.4, -0.2) is 50.7 Å². The summed E-state index contributed by atoms with van der Waals surface area (Å²) < 4.78 is 0. The molecule has 1 aliphatic heterocycles. The number of carbonyl (C=O) groups excluding carboxylic acids is 2. The third-order valence-corrected chi connectivity index (χ3v) is 4.78. The van der Waals surface area contributed by atoms with Crippen molar-refractivity contribution >= 4 is 34.4 Å². The predicted octanol–water partition coefficient (Wildman–Crippen LogP) is 2.82. The summed E-state index contributed by atoms with van der Waals surface area (Å²) in [6, 6.07) is 5.44. The number of nitrogens with one attached hydrogen (secondary N) is 1. The van der Waals surface area contributed by atoms with Gasteiger partial charge in [0.2, 0.25) is 11.8 Å². The largest absolute Gasteiger partial charge is 0.340 e. The molecule has 134 valence electrons. The van der Waals surface area contributed by atoms with Crippen molar-refractivity contribution in [2.75, 3.05) is 13.6 Å². The Morgan fingerprint density at radius 1 is 1.44 bits per heavy atom. The highest BCUT2D eigenvalue weighted by Gasteiger charge is 2.40. The third-order valence-electron chi connectivity index (χ3n) is 4.54. The van der Waals surface area contributed by atoms with E-state index in [0.29, 0.717) is 23.9 Å². The number of halogens is 1. The van der Waals surface area contributed by atoms with Crippen molar-refractivity contribution in [3.63, 3.8) is 0 Å². The van der Waals surface area contributed by atoms with Crippen LogP contribution in [0.2, 0.25) is 5.02 Å². The molecule has 1 N–H and O–H groups in total. The lowest BCUT2D eigenvalue weighted by molar-refractivity contribution is -0.135. The number of hydrogen-bond acceptors (Lipinski definition) is 3. The maximum atomic E-state index is 12.7. The topological polar surface area (TPSA) is 69.3 Å². The molecule has 0 bridgehead atoms. The average Bonchev–Trinajstić information content (AvgIpc) is 3.08.